The molecule has 3 aromatic rings. The van der Waals surface area contributed by atoms with Gasteiger partial charge in [0.2, 0.25) is 5.91 Å². The lowest BCUT2D eigenvalue weighted by Gasteiger charge is -2.14. The Morgan fingerprint density at radius 1 is 1.13 bits per heavy atom. The largest absolute Gasteiger partial charge is 0.350 e. The Labute approximate surface area is 136 Å². The molecule has 1 amide bonds. The standard InChI is InChI=1S/C19H21N3O/c1-14(16-8-4-3-5-9-16)20-19(23)12-13-22-15(2)21-17-10-6-7-11-18(17)22/h3-11,14H,12-13H2,1-2H3,(H,20,23)/t14-/m0/s1. The highest BCUT2D eigenvalue weighted by Crippen LogP contribution is 2.16. The molecule has 0 aliphatic carbocycles. The zero-order chi connectivity index (χ0) is 16.2. The van der Waals surface area contributed by atoms with E-state index in [1.165, 1.54) is 0 Å². The molecule has 2 aromatic carbocycles. The molecule has 0 radical (unpaired) electrons. The third kappa shape index (κ3) is 3.42. The lowest BCUT2D eigenvalue weighted by atomic mass is 10.1. The molecule has 1 heterocycles. The van der Waals surface area contributed by atoms with Crippen LogP contribution in [0.4, 0.5) is 0 Å². The van der Waals surface area contributed by atoms with E-state index in [9.17, 15) is 4.79 Å². The van der Waals surface area contributed by atoms with Crippen LogP contribution in [-0.4, -0.2) is 15.5 Å². The number of fused-ring (bicyclic) bond motifs is 1. The maximum absolute atomic E-state index is 12.2. The van der Waals surface area contributed by atoms with Gasteiger partial charge in [-0.3, -0.25) is 4.79 Å². The molecule has 4 heteroatoms. The molecule has 3 rings (SSSR count). The van der Waals surface area contributed by atoms with Crippen LogP contribution in [0.2, 0.25) is 0 Å². The van der Waals surface area contributed by atoms with E-state index in [4.69, 9.17) is 0 Å². The summed E-state index contributed by atoms with van der Waals surface area (Å²) in [6.45, 7) is 4.62. The summed E-state index contributed by atoms with van der Waals surface area (Å²) in [5, 5.41) is 3.05. The zero-order valence-corrected chi connectivity index (χ0v) is 13.5. The van der Waals surface area contributed by atoms with E-state index in [1.54, 1.807) is 0 Å². The number of para-hydroxylation sites is 2. The molecule has 0 bridgehead atoms. The van der Waals surface area contributed by atoms with Crippen LogP contribution in [0.1, 0.15) is 30.8 Å². The van der Waals surface area contributed by atoms with Gasteiger partial charge in [0.15, 0.2) is 0 Å². The number of benzene rings is 2. The molecular formula is C19H21N3O. The maximum Gasteiger partial charge on any atom is 0.222 e. The number of rotatable bonds is 5. The van der Waals surface area contributed by atoms with Crippen molar-refractivity contribution in [3.63, 3.8) is 0 Å². The predicted molar refractivity (Wildman–Crippen MR) is 92.1 cm³/mol. The smallest absolute Gasteiger partial charge is 0.222 e. The van der Waals surface area contributed by atoms with Crippen molar-refractivity contribution in [2.75, 3.05) is 0 Å². The highest BCUT2D eigenvalue weighted by atomic mass is 16.1. The number of carbonyl (C=O) groups is 1. The Morgan fingerprint density at radius 2 is 1.83 bits per heavy atom. The first kappa shape index (κ1) is 15.3. The van der Waals surface area contributed by atoms with Gasteiger partial charge in [-0.15, -0.1) is 0 Å². The molecule has 1 aromatic heterocycles. The summed E-state index contributed by atoms with van der Waals surface area (Å²) >= 11 is 0. The average molecular weight is 307 g/mol. The molecule has 0 saturated carbocycles. The van der Waals surface area contributed by atoms with Crippen molar-refractivity contribution in [1.82, 2.24) is 14.9 Å². The van der Waals surface area contributed by atoms with Gasteiger partial charge in [0.1, 0.15) is 5.82 Å². The van der Waals surface area contributed by atoms with Crippen molar-refractivity contribution < 1.29 is 4.79 Å². The summed E-state index contributed by atoms with van der Waals surface area (Å²) in [6, 6.07) is 18.0. The van der Waals surface area contributed by atoms with Gasteiger partial charge >= 0.3 is 0 Å². The molecule has 0 aliphatic heterocycles. The number of nitrogens with zero attached hydrogens (tertiary/aromatic N) is 2. The Hall–Kier alpha value is -2.62. The molecule has 1 atom stereocenters. The van der Waals surface area contributed by atoms with Gasteiger partial charge in [0.25, 0.3) is 0 Å². The molecule has 4 nitrogen and oxygen atoms in total. The third-order valence-corrected chi connectivity index (χ3v) is 4.08. The fourth-order valence-electron chi connectivity index (χ4n) is 2.83. The van der Waals surface area contributed by atoms with E-state index in [1.807, 2.05) is 68.4 Å². The first-order valence-corrected chi connectivity index (χ1v) is 7.91. The van der Waals surface area contributed by atoms with Gasteiger partial charge in [-0.25, -0.2) is 4.98 Å². The van der Waals surface area contributed by atoms with Crippen molar-refractivity contribution in [3.8, 4) is 0 Å². The number of aromatic nitrogens is 2. The third-order valence-electron chi connectivity index (χ3n) is 4.08. The van der Waals surface area contributed by atoms with Crippen molar-refractivity contribution >= 4 is 16.9 Å². The molecule has 1 N–H and O–H groups in total. The van der Waals surface area contributed by atoms with E-state index >= 15 is 0 Å². The highest BCUT2D eigenvalue weighted by Gasteiger charge is 2.11. The summed E-state index contributed by atoms with van der Waals surface area (Å²) in [7, 11) is 0. The second kappa shape index (κ2) is 6.65. The van der Waals surface area contributed by atoms with Gasteiger partial charge in [-0.1, -0.05) is 42.5 Å². The molecular weight excluding hydrogens is 286 g/mol. The normalized spacial score (nSPS) is 12.3. The zero-order valence-electron chi connectivity index (χ0n) is 13.5. The topological polar surface area (TPSA) is 46.9 Å². The van der Waals surface area contributed by atoms with Gasteiger partial charge < -0.3 is 9.88 Å². The number of hydrogen-bond donors (Lipinski definition) is 1. The summed E-state index contributed by atoms with van der Waals surface area (Å²) < 4.78 is 2.10. The summed E-state index contributed by atoms with van der Waals surface area (Å²) in [5.74, 6) is 0.994. The molecule has 23 heavy (non-hydrogen) atoms. The van der Waals surface area contributed by atoms with Crippen LogP contribution in [0.15, 0.2) is 54.6 Å². The SMILES string of the molecule is Cc1nc2ccccc2n1CCC(=O)N[C@@H](C)c1ccccc1. The number of imidazole rings is 1. The first-order valence-electron chi connectivity index (χ1n) is 7.91. The first-order chi connectivity index (χ1) is 11.1. The number of aryl methyl sites for hydroxylation is 2. The van der Waals surface area contributed by atoms with Crippen LogP contribution in [0, 0.1) is 6.92 Å². The Balaban J connectivity index is 1.63. The molecule has 118 valence electrons. The van der Waals surface area contributed by atoms with Gasteiger partial charge in [-0.05, 0) is 31.5 Å². The Bertz CT molecular complexity index is 808. The van der Waals surface area contributed by atoms with Crippen molar-refractivity contribution in [3.05, 3.63) is 66.0 Å². The van der Waals surface area contributed by atoms with Crippen LogP contribution in [0.25, 0.3) is 11.0 Å². The van der Waals surface area contributed by atoms with Crippen LogP contribution in [-0.2, 0) is 11.3 Å². The molecule has 0 aliphatic rings. The van der Waals surface area contributed by atoms with E-state index in [-0.39, 0.29) is 11.9 Å². The second-order valence-corrected chi connectivity index (χ2v) is 5.75. The van der Waals surface area contributed by atoms with Crippen molar-refractivity contribution in [2.45, 2.75) is 32.9 Å². The lowest BCUT2D eigenvalue weighted by molar-refractivity contribution is -0.121. The fraction of sp³-hybridized carbons (Fsp3) is 0.263. The number of nitrogens with one attached hydrogen (secondary N) is 1. The van der Waals surface area contributed by atoms with E-state index in [0.29, 0.717) is 13.0 Å². The fourth-order valence-corrected chi connectivity index (χ4v) is 2.83. The lowest BCUT2D eigenvalue weighted by Crippen LogP contribution is -2.27. The quantitative estimate of drug-likeness (QED) is 0.782. The number of amides is 1. The van der Waals surface area contributed by atoms with Crippen LogP contribution in [0.3, 0.4) is 0 Å². The van der Waals surface area contributed by atoms with Crippen molar-refractivity contribution in [1.29, 1.82) is 0 Å². The van der Waals surface area contributed by atoms with Gasteiger partial charge in [0, 0.05) is 13.0 Å². The Kier molecular flexibility index (Phi) is 4.42. The molecule has 0 spiro atoms. The second-order valence-electron chi connectivity index (χ2n) is 5.75. The van der Waals surface area contributed by atoms with E-state index < -0.39 is 0 Å². The van der Waals surface area contributed by atoms with Crippen LogP contribution >= 0.6 is 0 Å². The van der Waals surface area contributed by atoms with Crippen molar-refractivity contribution in [2.24, 2.45) is 0 Å². The Morgan fingerprint density at radius 3 is 2.61 bits per heavy atom. The van der Waals surface area contributed by atoms with E-state index in [2.05, 4.69) is 14.9 Å². The monoisotopic (exact) mass is 307 g/mol. The van der Waals surface area contributed by atoms with Crippen LogP contribution < -0.4 is 5.32 Å². The minimum Gasteiger partial charge on any atom is -0.350 e. The maximum atomic E-state index is 12.2. The minimum absolute atomic E-state index is 0.0179. The number of carbonyl (C=O) groups excluding carboxylic acids is 1. The van der Waals surface area contributed by atoms with Gasteiger partial charge in [0.05, 0.1) is 17.1 Å². The predicted octanol–water partition coefficient (Wildman–Crippen LogP) is 3.61. The highest BCUT2D eigenvalue weighted by molar-refractivity contribution is 5.78. The molecule has 0 unspecified atom stereocenters. The van der Waals surface area contributed by atoms with Gasteiger partial charge in [-0.2, -0.15) is 0 Å². The summed E-state index contributed by atoms with van der Waals surface area (Å²) in [6.07, 6.45) is 0.443. The molecule has 0 saturated heterocycles. The number of hydrogen-bond acceptors (Lipinski definition) is 2. The average Bonchev–Trinajstić information content (AvgIpc) is 2.89. The molecule has 0 fully saturated rings. The summed E-state index contributed by atoms with van der Waals surface area (Å²) in [4.78, 5) is 16.8. The minimum atomic E-state index is 0.0179. The van der Waals surface area contributed by atoms with E-state index in [0.717, 1.165) is 22.4 Å². The summed E-state index contributed by atoms with van der Waals surface area (Å²) in [5.41, 5.74) is 3.17. The van der Waals surface area contributed by atoms with Crippen LogP contribution in [0.5, 0.6) is 0 Å².